The summed E-state index contributed by atoms with van der Waals surface area (Å²) in [6.07, 6.45) is 0.903. The van der Waals surface area contributed by atoms with Crippen LogP contribution in [0.1, 0.15) is 12.5 Å². The maximum atomic E-state index is 12.8. The first-order valence-corrected chi connectivity index (χ1v) is 7.42. The second-order valence-electron chi connectivity index (χ2n) is 5.68. The molecule has 1 unspecified atom stereocenters. The van der Waals surface area contributed by atoms with Gasteiger partial charge in [0.15, 0.2) is 0 Å². The van der Waals surface area contributed by atoms with Crippen LogP contribution in [0.25, 0.3) is 11.0 Å². The second kappa shape index (κ2) is 4.94. The maximum absolute atomic E-state index is 12.8. The molecule has 0 N–H and O–H groups in total. The highest BCUT2D eigenvalue weighted by molar-refractivity contribution is 5.96. The van der Waals surface area contributed by atoms with Crippen LogP contribution in [-0.4, -0.2) is 26.9 Å². The van der Waals surface area contributed by atoms with Crippen molar-refractivity contribution in [2.24, 2.45) is 0 Å². The van der Waals surface area contributed by atoms with Crippen LogP contribution < -0.4 is 4.90 Å². The van der Waals surface area contributed by atoms with Gasteiger partial charge in [-0.25, -0.2) is 4.68 Å². The lowest BCUT2D eigenvalue weighted by molar-refractivity contribution is -0.119. The van der Waals surface area contributed by atoms with Crippen LogP contribution in [0.3, 0.4) is 0 Å². The first-order valence-electron chi connectivity index (χ1n) is 7.42. The number of carbonyl (C=O) groups is 1. The molecule has 0 bridgehead atoms. The molecule has 1 atom stereocenters. The second-order valence-corrected chi connectivity index (χ2v) is 5.68. The Morgan fingerprint density at radius 3 is 2.86 bits per heavy atom. The summed E-state index contributed by atoms with van der Waals surface area (Å²) in [5.41, 5.74) is 3.94. The molecule has 1 amide bonds. The van der Waals surface area contributed by atoms with E-state index in [1.165, 1.54) is 5.56 Å². The summed E-state index contributed by atoms with van der Waals surface area (Å²) in [6, 6.07) is 16.0. The average Bonchev–Trinajstić information content (AvgIpc) is 3.07. The molecule has 22 heavy (non-hydrogen) atoms. The van der Waals surface area contributed by atoms with E-state index in [9.17, 15) is 4.79 Å². The minimum atomic E-state index is 0.0492. The Kier molecular flexibility index (Phi) is 2.92. The van der Waals surface area contributed by atoms with Gasteiger partial charge in [0.2, 0.25) is 5.91 Å². The van der Waals surface area contributed by atoms with Gasteiger partial charge in [-0.1, -0.05) is 35.5 Å². The molecule has 5 heteroatoms. The molecule has 110 valence electrons. The molecule has 0 aliphatic carbocycles. The van der Waals surface area contributed by atoms with Gasteiger partial charge in [-0.2, -0.15) is 0 Å². The van der Waals surface area contributed by atoms with Crippen LogP contribution in [-0.2, 0) is 17.8 Å². The Morgan fingerprint density at radius 2 is 1.95 bits per heavy atom. The molecule has 2 heterocycles. The summed E-state index contributed by atoms with van der Waals surface area (Å²) >= 11 is 0. The molecule has 0 fully saturated rings. The summed E-state index contributed by atoms with van der Waals surface area (Å²) < 4.78 is 1.67. The van der Waals surface area contributed by atoms with Gasteiger partial charge in [-0.05, 0) is 37.1 Å². The highest BCUT2D eigenvalue weighted by atomic mass is 16.2. The number of amides is 1. The highest BCUT2D eigenvalue weighted by Crippen LogP contribution is 2.32. The summed E-state index contributed by atoms with van der Waals surface area (Å²) in [6.45, 7) is 2.29. The number of hydrogen-bond acceptors (Lipinski definition) is 3. The number of fused-ring (bicyclic) bond motifs is 2. The largest absolute Gasteiger partial charge is 0.307 e. The SMILES string of the molecule is CC1Cc2ccccc2N1C(=O)Cn1nnc2ccccc21. The molecule has 0 spiro atoms. The number of carbonyl (C=O) groups excluding carboxylic acids is 1. The minimum absolute atomic E-state index is 0.0492. The third-order valence-corrected chi connectivity index (χ3v) is 4.18. The number of benzene rings is 2. The monoisotopic (exact) mass is 292 g/mol. The van der Waals surface area contributed by atoms with Gasteiger partial charge in [-0.15, -0.1) is 5.10 Å². The normalized spacial score (nSPS) is 17.0. The van der Waals surface area contributed by atoms with E-state index >= 15 is 0 Å². The maximum Gasteiger partial charge on any atom is 0.249 e. The molecule has 0 radical (unpaired) electrons. The number of rotatable bonds is 2. The van der Waals surface area contributed by atoms with Gasteiger partial charge >= 0.3 is 0 Å². The lowest BCUT2D eigenvalue weighted by Gasteiger charge is -2.22. The van der Waals surface area contributed by atoms with E-state index in [-0.39, 0.29) is 18.5 Å². The van der Waals surface area contributed by atoms with E-state index in [1.54, 1.807) is 4.68 Å². The topological polar surface area (TPSA) is 51.0 Å². The molecule has 0 saturated carbocycles. The molecule has 5 nitrogen and oxygen atoms in total. The van der Waals surface area contributed by atoms with Crippen molar-refractivity contribution in [3.8, 4) is 0 Å². The van der Waals surface area contributed by atoms with E-state index in [1.807, 2.05) is 47.4 Å². The molecular weight excluding hydrogens is 276 g/mol. The number of hydrogen-bond donors (Lipinski definition) is 0. The van der Waals surface area contributed by atoms with Gasteiger partial charge in [0.25, 0.3) is 0 Å². The Hall–Kier alpha value is -2.69. The minimum Gasteiger partial charge on any atom is -0.307 e. The zero-order valence-corrected chi connectivity index (χ0v) is 12.3. The van der Waals surface area contributed by atoms with Gasteiger partial charge in [0.05, 0.1) is 5.52 Å². The third-order valence-electron chi connectivity index (χ3n) is 4.18. The molecule has 2 aromatic carbocycles. The predicted octanol–water partition coefficient (Wildman–Crippen LogP) is 2.41. The van der Waals surface area contributed by atoms with Crippen LogP contribution >= 0.6 is 0 Å². The van der Waals surface area contributed by atoms with E-state index in [2.05, 4.69) is 23.3 Å². The molecule has 1 aliphatic heterocycles. The summed E-state index contributed by atoms with van der Waals surface area (Å²) in [4.78, 5) is 14.6. The summed E-state index contributed by atoms with van der Waals surface area (Å²) in [5, 5.41) is 8.21. The Morgan fingerprint density at radius 1 is 1.18 bits per heavy atom. The van der Waals surface area contributed by atoms with E-state index in [4.69, 9.17) is 0 Å². The van der Waals surface area contributed by atoms with Crippen LogP contribution in [0.5, 0.6) is 0 Å². The number of para-hydroxylation sites is 2. The molecule has 3 aromatic rings. The molecule has 0 saturated heterocycles. The van der Waals surface area contributed by atoms with Crippen molar-refractivity contribution in [1.82, 2.24) is 15.0 Å². The molecule has 4 rings (SSSR count). The molecule has 1 aliphatic rings. The van der Waals surface area contributed by atoms with Crippen LogP contribution in [0.15, 0.2) is 48.5 Å². The van der Waals surface area contributed by atoms with Crippen molar-refractivity contribution in [1.29, 1.82) is 0 Å². The van der Waals surface area contributed by atoms with Crippen molar-refractivity contribution < 1.29 is 4.79 Å². The zero-order valence-electron chi connectivity index (χ0n) is 12.3. The molecule has 1 aromatic heterocycles. The lowest BCUT2D eigenvalue weighted by Crippen LogP contribution is -2.38. The van der Waals surface area contributed by atoms with Crippen LogP contribution in [0.4, 0.5) is 5.69 Å². The van der Waals surface area contributed by atoms with Crippen LogP contribution in [0.2, 0.25) is 0 Å². The van der Waals surface area contributed by atoms with Crippen molar-refractivity contribution in [3.63, 3.8) is 0 Å². The number of aromatic nitrogens is 3. The van der Waals surface area contributed by atoms with Crippen molar-refractivity contribution in [3.05, 3.63) is 54.1 Å². The molecular formula is C17H16N4O. The predicted molar refractivity (Wildman–Crippen MR) is 84.6 cm³/mol. The lowest BCUT2D eigenvalue weighted by atomic mass is 10.1. The van der Waals surface area contributed by atoms with Gasteiger partial charge in [0, 0.05) is 11.7 Å². The van der Waals surface area contributed by atoms with Gasteiger partial charge in [0.1, 0.15) is 12.1 Å². The quantitative estimate of drug-likeness (QED) is 0.729. The summed E-state index contributed by atoms with van der Waals surface area (Å²) in [5.74, 6) is 0.0492. The number of anilines is 1. The Balaban J connectivity index is 1.65. The van der Waals surface area contributed by atoms with E-state index in [0.717, 1.165) is 23.1 Å². The van der Waals surface area contributed by atoms with Crippen molar-refractivity contribution >= 4 is 22.6 Å². The fourth-order valence-electron chi connectivity index (χ4n) is 3.18. The summed E-state index contributed by atoms with van der Waals surface area (Å²) in [7, 11) is 0. The first kappa shape index (κ1) is 13.0. The standard InChI is InChI=1S/C17H16N4O/c1-12-10-13-6-2-4-8-15(13)21(12)17(22)11-20-16-9-5-3-7-14(16)18-19-20/h2-9,12H,10-11H2,1H3. The van der Waals surface area contributed by atoms with E-state index in [0.29, 0.717) is 0 Å². The fraction of sp³-hybridized carbons (Fsp3) is 0.235. The van der Waals surface area contributed by atoms with Gasteiger partial charge in [-0.3, -0.25) is 4.79 Å². The van der Waals surface area contributed by atoms with Crippen LogP contribution in [0, 0.1) is 0 Å². The first-order chi connectivity index (χ1) is 10.7. The fourth-order valence-corrected chi connectivity index (χ4v) is 3.18. The van der Waals surface area contributed by atoms with Crippen molar-refractivity contribution in [2.75, 3.05) is 4.90 Å². The zero-order chi connectivity index (χ0) is 15.1. The smallest absolute Gasteiger partial charge is 0.249 e. The van der Waals surface area contributed by atoms with Crippen molar-refractivity contribution in [2.45, 2.75) is 25.9 Å². The Bertz CT molecular complexity index is 854. The van der Waals surface area contributed by atoms with Gasteiger partial charge < -0.3 is 4.90 Å². The third kappa shape index (κ3) is 1.97. The highest BCUT2D eigenvalue weighted by Gasteiger charge is 2.30. The Labute approximate surface area is 128 Å². The van der Waals surface area contributed by atoms with E-state index < -0.39 is 0 Å². The number of nitrogens with zero attached hydrogens (tertiary/aromatic N) is 4. The average molecular weight is 292 g/mol.